The summed E-state index contributed by atoms with van der Waals surface area (Å²) in [6.45, 7) is 4.70. The quantitative estimate of drug-likeness (QED) is 0.890. The van der Waals surface area contributed by atoms with Crippen LogP contribution in [0.1, 0.15) is 24.2 Å². The van der Waals surface area contributed by atoms with Gasteiger partial charge in [0.1, 0.15) is 0 Å². The summed E-state index contributed by atoms with van der Waals surface area (Å²) in [5.74, 6) is 0.667. The number of carbonyl (C=O) groups is 1. The lowest BCUT2D eigenvalue weighted by Crippen LogP contribution is -2.27. The van der Waals surface area contributed by atoms with Crippen LogP contribution in [0.3, 0.4) is 0 Å². The number of rotatable bonds is 5. The van der Waals surface area contributed by atoms with Crippen LogP contribution in [-0.4, -0.2) is 22.4 Å². The van der Waals surface area contributed by atoms with Gasteiger partial charge in [-0.3, -0.25) is 4.79 Å². The number of anilines is 2. The molecule has 0 atom stereocenters. The molecule has 0 saturated carbocycles. The minimum absolute atomic E-state index is 0.165. The number of hydrogen-bond donors (Lipinski definition) is 2. The summed E-state index contributed by atoms with van der Waals surface area (Å²) < 4.78 is 0. The smallest absolute Gasteiger partial charge is 0.254 e. The van der Waals surface area contributed by atoms with E-state index in [0.29, 0.717) is 29.0 Å². The number of amides is 1. The molecule has 1 aromatic heterocycles. The number of benzene rings is 1. The van der Waals surface area contributed by atoms with Crippen molar-refractivity contribution in [2.75, 3.05) is 11.9 Å². The Labute approximate surface area is 128 Å². The van der Waals surface area contributed by atoms with Gasteiger partial charge in [-0.2, -0.15) is 0 Å². The molecule has 5 nitrogen and oxygen atoms in total. The minimum atomic E-state index is -0.165. The van der Waals surface area contributed by atoms with E-state index in [1.54, 1.807) is 12.1 Å². The molecule has 1 aromatic carbocycles. The molecule has 110 valence electrons. The Kier molecular flexibility index (Phi) is 5.11. The van der Waals surface area contributed by atoms with Gasteiger partial charge in [0, 0.05) is 29.6 Å². The first-order chi connectivity index (χ1) is 10.0. The highest BCUT2D eigenvalue weighted by atomic mass is 35.5. The normalized spacial score (nSPS) is 10.5. The lowest BCUT2D eigenvalue weighted by molar-refractivity contribution is 0.0948. The van der Waals surface area contributed by atoms with Crippen LogP contribution in [0.25, 0.3) is 0 Å². The molecule has 0 bridgehead atoms. The largest absolute Gasteiger partial charge is 0.352 e. The topological polar surface area (TPSA) is 66.9 Å². The summed E-state index contributed by atoms with van der Waals surface area (Å²) in [4.78, 5) is 20.1. The van der Waals surface area contributed by atoms with Gasteiger partial charge in [-0.1, -0.05) is 25.4 Å². The monoisotopic (exact) mass is 304 g/mol. The van der Waals surface area contributed by atoms with Crippen molar-refractivity contribution in [1.82, 2.24) is 15.3 Å². The Bertz CT molecular complexity index is 596. The van der Waals surface area contributed by atoms with Crippen LogP contribution in [0.5, 0.6) is 0 Å². The fourth-order valence-electron chi connectivity index (χ4n) is 1.57. The third kappa shape index (κ3) is 4.72. The summed E-state index contributed by atoms with van der Waals surface area (Å²) in [5, 5.41) is 6.52. The minimum Gasteiger partial charge on any atom is -0.352 e. The van der Waals surface area contributed by atoms with E-state index < -0.39 is 0 Å². The first kappa shape index (κ1) is 15.3. The van der Waals surface area contributed by atoms with Crippen molar-refractivity contribution in [3.63, 3.8) is 0 Å². The van der Waals surface area contributed by atoms with Gasteiger partial charge in [-0.25, -0.2) is 9.97 Å². The number of halogens is 1. The van der Waals surface area contributed by atoms with Gasteiger partial charge in [0.15, 0.2) is 0 Å². The van der Waals surface area contributed by atoms with Crippen LogP contribution in [0.15, 0.2) is 36.7 Å². The molecular formula is C15H17ClN4O. The van der Waals surface area contributed by atoms with E-state index in [9.17, 15) is 4.79 Å². The number of nitrogens with zero attached hydrogens (tertiary/aromatic N) is 2. The Hall–Kier alpha value is -2.14. The molecular weight excluding hydrogens is 288 g/mol. The summed E-state index contributed by atoms with van der Waals surface area (Å²) in [5.41, 5.74) is 1.27. The summed E-state index contributed by atoms with van der Waals surface area (Å²) in [7, 11) is 0. The molecule has 0 aliphatic rings. The summed E-state index contributed by atoms with van der Waals surface area (Å²) in [6.07, 6.45) is 3.00. The van der Waals surface area contributed by atoms with Crippen LogP contribution in [0.4, 0.5) is 11.6 Å². The van der Waals surface area contributed by atoms with E-state index in [0.717, 1.165) is 5.69 Å². The lowest BCUT2D eigenvalue weighted by atomic mass is 10.2. The third-order valence-electron chi connectivity index (χ3n) is 2.69. The van der Waals surface area contributed by atoms with Crippen molar-refractivity contribution in [3.8, 4) is 0 Å². The molecule has 21 heavy (non-hydrogen) atoms. The van der Waals surface area contributed by atoms with E-state index in [4.69, 9.17) is 11.6 Å². The van der Waals surface area contributed by atoms with Crippen molar-refractivity contribution in [1.29, 1.82) is 0 Å². The predicted octanol–water partition coefficient (Wildman–Crippen LogP) is 3.26. The fraction of sp³-hybridized carbons (Fsp3) is 0.267. The van der Waals surface area contributed by atoms with Crippen LogP contribution < -0.4 is 10.6 Å². The maximum Gasteiger partial charge on any atom is 0.254 e. The third-order valence-corrected chi connectivity index (χ3v) is 2.94. The van der Waals surface area contributed by atoms with Gasteiger partial charge in [-0.05, 0) is 30.2 Å². The van der Waals surface area contributed by atoms with E-state index >= 15 is 0 Å². The second-order valence-corrected chi connectivity index (χ2v) is 5.47. The molecule has 0 aliphatic carbocycles. The Balaban J connectivity index is 1.98. The molecule has 1 heterocycles. The lowest BCUT2D eigenvalue weighted by Gasteiger charge is -2.08. The fourth-order valence-corrected chi connectivity index (χ4v) is 1.70. The zero-order chi connectivity index (χ0) is 15.2. The molecule has 0 saturated heterocycles. The molecule has 2 aromatic rings. The van der Waals surface area contributed by atoms with E-state index in [2.05, 4.69) is 20.6 Å². The summed E-state index contributed by atoms with van der Waals surface area (Å²) >= 11 is 5.82. The maximum absolute atomic E-state index is 11.8. The Morgan fingerprint density at radius 3 is 2.38 bits per heavy atom. The average molecular weight is 305 g/mol. The molecule has 6 heteroatoms. The van der Waals surface area contributed by atoms with Crippen LogP contribution in [0, 0.1) is 5.92 Å². The highest BCUT2D eigenvalue weighted by Crippen LogP contribution is 2.16. The number of hydrogen-bond acceptors (Lipinski definition) is 4. The highest BCUT2D eigenvalue weighted by molar-refractivity contribution is 6.30. The second kappa shape index (κ2) is 7.04. The van der Waals surface area contributed by atoms with Gasteiger partial charge < -0.3 is 10.6 Å². The van der Waals surface area contributed by atoms with Crippen molar-refractivity contribution >= 4 is 29.1 Å². The van der Waals surface area contributed by atoms with Crippen molar-refractivity contribution in [2.45, 2.75) is 13.8 Å². The van der Waals surface area contributed by atoms with Crippen LogP contribution >= 0.6 is 11.6 Å². The average Bonchev–Trinajstić information content (AvgIpc) is 2.48. The van der Waals surface area contributed by atoms with Gasteiger partial charge in [0.05, 0.1) is 5.56 Å². The molecule has 0 fully saturated rings. The van der Waals surface area contributed by atoms with Crippen LogP contribution in [-0.2, 0) is 0 Å². The second-order valence-electron chi connectivity index (χ2n) is 5.03. The van der Waals surface area contributed by atoms with Crippen molar-refractivity contribution < 1.29 is 4.79 Å². The van der Waals surface area contributed by atoms with Gasteiger partial charge in [0.25, 0.3) is 5.91 Å². The maximum atomic E-state index is 11.8. The Morgan fingerprint density at radius 1 is 1.19 bits per heavy atom. The Morgan fingerprint density at radius 2 is 1.81 bits per heavy atom. The van der Waals surface area contributed by atoms with E-state index in [1.807, 2.05) is 26.0 Å². The van der Waals surface area contributed by atoms with E-state index in [1.165, 1.54) is 12.4 Å². The number of carbonyl (C=O) groups excluding carboxylic acids is 1. The van der Waals surface area contributed by atoms with Gasteiger partial charge >= 0.3 is 0 Å². The molecule has 0 aliphatic heterocycles. The SMILES string of the molecule is CC(C)CNC(=O)c1cnc(Nc2ccc(Cl)cc2)nc1. The first-order valence-electron chi connectivity index (χ1n) is 6.67. The molecule has 0 radical (unpaired) electrons. The van der Waals surface area contributed by atoms with Crippen LogP contribution in [0.2, 0.25) is 5.02 Å². The number of nitrogens with one attached hydrogen (secondary N) is 2. The molecule has 0 unspecified atom stereocenters. The molecule has 0 spiro atoms. The predicted molar refractivity (Wildman–Crippen MR) is 83.9 cm³/mol. The standard InChI is InChI=1S/C15H17ClN4O/c1-10(2)7-17-14(21)11-8-18-15(19-9-11)20-13-5-3-12(16)4-6-13/h3-6,8-10H,7H2,1-2H3,(H,17,21)(H,18,19,20). The van der Waals surface area contributed by atoms with Gasteiger partial charge in [0.2, 0.25) is 5.95 Å². The first-order valence-corrected chi connectivity index (χ1v) is 7.05. The summed E-state index contributed by atoms with van der Waals surface area (Å²) in [6, 6.07) is 7.21. The van der Waals surface area contributed by atoms with Gasteiger partial charge in [-0.15, -0.1) is 0 Å². The zero-order valence-electron chi connectivity index (χ0n) is 11.9. The molecule has 1 amide bonds. The molecule has 2 N–H and O–H groups in total. The highest BCUT2D eigenvalue weighted by Gasteiger charge is 2.07. The molecule has 2 rings (SSSR count). The van der Waals surface area contributed by atoms with Crippen molar-refractivity contribution in [2.24, 2.45) is 5.92 Å². The number of aromatic nitrogens is 2. The van der Waals surface area contributed by atoms with Crippen molar-refractivity contribution in [3.05, 3.63) is 47.2 Å². The van der Waals surface area contributed by atoms with E-state index in [-0.39, 0.29) is 5.91 Å². The zero-order valence-corrected chi connectivity index (χ0v) is 12.7.